The molecule has 0 aromatic carbocycles. The standard InChI is InChI=1S/C22H25FN6O2S/c1-13-17(5-4-15(26-13)21(30)24-2)29-8-6-28(7-9-29)12-16-19(23)20-14(11-25-16)10-18(32-3)22(31)27-20/h4-5,10-11H,6-9,12H2,1-3H3,(H,24,30)(H,27,31). The number of halogens is 1. The van der Waals surface area contributed by atoms with Crippen LogP contribution in [0.15, 0.2) is 34.1 Å². The predicted molar refractivity (Wildman–Crippen MR) is 124 cm³/mol. The summed E-state index contributed by atoms with van der Waals surface area (Å²) in [6.07, 6.45) is 3.42. The van der Waals surface area contributed by atoms with Crippen LogP contribution in [0, 0.1) is 12.7 Å². The molecule has 0 spiro atoms. The van der Waals surface area contributed by atoms with Gasteiger partial charge >= 0.3 is 0 Å². The van der Waals surface area contributed by atoms with Gasteiger partial charge in [0, 0.05) is 51.4 Å². The average Bonchev–Trinajstić information content (AvgIpc) is 2.81. The Balaban J connectivity index is 1.45. The van der Waals surface area contributed by atoms with Crippen LogP contribution in [0.3, 0.4) is 0 Å². The van der Waals surface area contributed by atoms with Gasteiger partial charge in [-0.05, 0) is 31.4 Å². The number of hydrogen-bond donors (Lipinski definition) is 2. The van der Waals surface area contributed by atoms with Gasteiger partial charge in [0.2, 0.25) is 0 Å². The van der Waals surface area contributed by atoms with E-state index >= 15 is 4.39 Å². The second-order valence-electron chi connectivity index (χ2n) is 7.66. The number of carbonyl (C=O) groups excluding carboxylic acids is 1. The molecule has 10 heteroatoms. The molecule has 168 valence electrons. The molecule has 3 aromatic heterocycles. The second-order valence-corrected chi connectivity index (χ2v) is 8.51. The van der Waals surface area contributed by atoms with Crippen LogP contribution in [0.1, 0.15) is 21.9 Å². The SMILES string of the molecule is CNC(=O)c1ccc(N2CCN(Cc3ncc4cc(SC)c(=O)[nH]c4c3F)CC2)c(C)n1. The Morgan fingerprint density at radius 2 is 2.03 bits per heavy atom. The second kappa shape index (κ2) is 9.25. The van der Waals surface area contributed by atoms with Crippen LogP contribution in [-0.2, 0) is 6.54 Å². The van der Waals surface area contributed by atoms with Crippen LogP contribution in [0.2, 0.25) is 0 Å². The van der Waals surface area contributed by atoms with Crippen molar-refractivity contribution >= 4 is 34.3 Å². The Bertz CT molecular complexity index is 1220. The molecule has 2 N–H and O–H groups in total. The summed E-state index contributed by atoms with van der Waals surface area (Å²) in [5.74, 6) is -0.681. The zero-order valence-corrected chi connectivity index (χ0v) is 19.1. The van der Waals surface area contributed by atoms with E-state index in [9.17, 15) is 9.59 Å². The Kier molecular flexibility index (Phi) is 6.43. The summed E-state index contributed by atoms with van der Waals surface area (Å²) in [6, 6.07) is 5.32. The number of H-pyrrole nitrogens is 1. The summed E-state index contributed by atoms with van der Waals surface area (Å²) in [5, 5.41) is 3.17. The van der Waals surface area contributed by atoms with Crippen LogP contribution in [-0.4, -0.2) is 65.2 Å². The fourth-order valence-electron chi connectivity index (χ4n) is 3.92. The summed E-state index contributed by atoms with van der Waals surface area (Å²) >= 11 is 1.32. The van der Waals surface area contributed by atoms with Crippen molar-refractivity contribution in [1.29, 1.82) is 0 Å². The zero-order valence-electron chi connectivity index (χ0n) is 18.2. The number of pyridine rings is 3. The van der Waals surface area contributed by atoms with Crippen molar-refractivity contribution in [1.82, 2.24) is 25.2 Å². The number of amides is 1. The molecule has 1 aliphatic rings. The number of piperazine rings is 1. The third kappa shape index (κ3) is 4.33. The number of nitrogens with one attached hydrogen (secondary N) is 2. The molecule has 0 aliphatic carbocycles. The quantitative estimate of drug-likeness (QED) is 0.568. The Labute approximate surface area is 189 Å². The van der Waals surface area contributed by atoms with Gasteiger partial charge in [0.25, 0.3) is 11.5 Å². The highest BCUT2D eigenvalue weighted by molar-refractivity contribution is 7.98. The van der Waals surface area contributed by atoms with Gasteiger partial charge in [-0.15, -0.1) is 11.8 Å². The van der Waals surface area contributed by atoms with E-state index < -0.39 is 5.82 Å². The number of carbonyl (C=O) groups is 1. The highest BCUT2D eigenvalue weighted by atomic mass is 32.2. The number of hydrogen-bond acceptors (Lipinski definition) is 7. The molecular formula is C22H25FN6O2S. The summed E-state index contributed by atoms with van der Waals surface area (Å²) in [7, 11) is 1.58. The van der Waals surface area contributed by atoms with Crippen molar-refractivity contribution < 1.29 is 9.18 Å². The number of aromatic amines is 1. The first-order chi connectivity index (χ1) is 15.4. The number of anilines is 1. The summed E-state index contributed by atoms with van der Waals surface area (Å²) < 4.78 is 15.0. The molecule has 0 unspecified atom stereocenters. The minimum absolute atomic E-state index is 0.203. The first-order valence-corrected chi connectivity index (χ1v) is 11.5. The highest BCUT2D eigenvalue weighted by Crippen LogP contribution is 2.23. The van der Waals surface area contributed by atoms with Crippen LogP contribution < -0.4 is 15.8 Å². The fourth-order valence-corrected chi connectivity index (χ4v) is 4.40. The lowest BCUT2D eigenvalue weighted by Crippen LogP contribution is -2.46. The highest BCUT2D eigenvalue weighted by Gasteiger charge is 2.22. The summed E-state index contributed by atoms with van der Waals surface area (Å²) in [4.78, 5) is 40.1. The monoisotopic (exact) mass is 456 g/mol. The van der Waals surface area contributed by atoms with E-state index in [0.717, 1.165) is 37.6 Å². The molecule has 3 aromatic rings. The lowest BCUT2D eigenvalue weighted by atomic mass is 10.2. The van der Waals surface area contributed by atoms with E-state index in [1.165, 1.54) is 11.8 Å². The van der Waals surface area contributed by atoms with Gasteiger partial charge in [0.1, 0.15) is 5.69 Å². The van der Waals surface area contributed by atoms with Gasteiger partial charge in [-0.1, -0.05) is 0 Å². The number of aryl methyl sites for hydroxylation is 1. The molecule has 8 nitrogen and oxygen atoms in total. The van der Waals surface area contributed by atoms with Gasteiger partial charge < -0.3 is 15.2 Å². The molecule has 0 atom stereocenters. The van der Waals surface area contributed by atoms with Crippen LogP contribution in [0.4, 0.5) is 10.1 Å². The Morgan fingerprint density at radius 1 is 1.28 bits per heavy atom. The molecule has 4 heterocycles. The maximum atomic E-state index is 15.0. The number of fused-ring (bicyclic) bond motifs is 1. The van der Waals surface area contributed by atoms with Gasteiger partial charge in [-0.25, -0.2) is 9.37 Å². The van der Waals surface area contributed by atoms with Crippen molar-refractivity contribution in [3.63, 3.8) is 0 Å². The van der Waals surface area contributed by atoms with Crippen LogP contribution in [0.5, 0.6) is 0 Å². The predicted octanol–water partition coefficient (Wildman–Crippen LogP) is 2.17. The van der Waals surface area contributed by atoms with Crippen LogP contribution >= 0.6 is 11.8 Å². The topological polar surface area (TPSA) is 94.2 Å². The van der Waals surface area contributed by atoms with Gasteiger partial charge in [-0.2, -0.15) is 0 Å². The molecule has 4 rings (SSSR count). The van der Waals surface area contributed by atoms with Crippen molar-refractivity contribution in [2.24, 2.45) is 0 Å². The van der Waals surface area contributed by atoms with E-state index in [4.69, 9.17) is 0 Å². The summed E-state index contributed by atoms with van der Waals surface area (Å²) in [6.45, 7) is 5.24. The van der Waals surface area contributed by atoms with Gasteiger partial charge in [0.15, 0.2) is 5.82 Å². The van der Waals surface area contributed by atoms with Crippen molar-refractivity contribution in [2.45, 2.75) is 18.4 Å². The number of nitrogens with zero attached hydrogens (tertiary/aromatic N) is 4. The third-order valence-electron chi connectivity index (χ3n) is 5.69. The maximum Gasteiger partial charge on any atom is 0.269 e. The number of thioether (sulfide) groups is 1. The van der Waals surface area contributed by atoms with E-state index in [1.807, 2.05) is 19.2 Å². The molecule has 0 radical (unpaired) electrons. The fraction of sp³-hybridized carbons (Fsp3) is 0.364. The lowest BCUT2D eigenvalue weighted by molar-refractivity contribution is 0.0958. The molecule has 0 bridgehead atoms. The molecule has 0 saturated carbocycles. The Morgan fingerprint density at radius 3 is 2.69 bits per heavy atom. The molecular weight excluding hydrogens is 431 g/mol. The van der Waals surface area contributed by atoms with Crippen molar-refractivity contribution in [3.05, 3.63) is 57.6 Å². The molecule has 1 amide bonds. The largest absolute Gasteiger partial charge is 0.368 e. The maximum absolute atomic E-state index is 15.0. The van der Waals surface area contributed by atoms with Crippen molar-refractivity contribution in [2.75, 3.05) is 44.4 Å². The molecule has 1 aliphatic heterocycles. The average molecular weight is 457 g/mol. The van der Waals surface area contributed by atoms with E-state index in [1.54, 1.807) is 25.4 Å². The third-order valence-corrected chi connectivity index (χ3v) is 6.44. The number of aromatic nitrogens is 3. The number of rotatable bonds is 5. The van der Waals surface area contributed by atoms with E-state index in [2.05, 4.69) is 30.1 Å². The minimum Gasteiger partial charge on any atom is -0.368 e. The minimum atomic E-state index is -0.473. The van der Waals surface area contributed by atoms with Crippen LogP contribution in [0.25, 0.3) is 10.9 Å². The first kappa shape index (κ1) is 22.2. The van der Waals surface area contributed by atoms with Crippen molar-refractivity contribution in [3.8, 4) is 0 Å². The first-order valence-electron chi connectivity index (χ1n) is 10.3. The van der Waals surface area contributed by atoms with Gasteiger partial charge in [0.05, 0.1) is 27.5 Å². The molecule has 1 saturated heterocycles. The normalized spacial score (nSPS) is 14.7. The lowest BCUT2D eigenvalue weighted by Gasteiger charge is -2.36. The smallest absolute Gasteiger partial charge is 0.269 e. The van der Waals surface area contributed by atoms with E-state index in [-0.39, 0.29) is 17.0 Å². The zero-order chi connectivity index (χ0) is 22.8. The molecule has 32 heavy (non-hydrogen) atoms. The Hall–Kier alpha value is -2.98. The van der Waals surface area contributed by atoms with E-state index in [0.29, 0.717) is 28.2 Å². The molecule has 1 fully saturated rings. The van der Waals surface area contributed by atoms with Gasteiger partial charge in [-0.3, -0.25) is 19.5 Å². The summed E-state index contributed by atoms with van der Waals surface area (Å²) in [5.41, 5.74) is 2.43.